The maximum absolute atomic E-state index is 13.4. The fraction of sp³-hybridized carbons (Fsp3) is 0.179. The largest absolute Gasteiger partial charge is 0.335 e. The Balaban J connectivity index is 1.48. The summed E-state index contributed by atoms with van der Waals surface area (Å²) in [4.78, 5) is 26.4. The highest BCUT2D eigenvalue weighted by Gasteiger charge is 2.20. The average molecular weight is 479 g/mol. The quantitative estimate of drug-likeness (QED) is 0.343. The molecule has 1 atom stereocenters. The van der Waals surface area contributed by atoms with Gasteiger partial charge >= 0.3 is 5.69 Å². The Bertz CT molecular complexity index is 1530. The van der Waals surface area contributed by atoms with Gasteiger partial charge in [0.05, 0.1) is 12.2 Å². The minimum atomic E-state index is -0.327. The molecule has 0 saturated heterocycles. The molecular weight excluding hydrogens is 452 g/mol. The Morgan fingerprint density at radius 3 is 2.36 bits per heavy atom. The Hall–Kier alpha value is -4.59. The Morgan fingerprint density at radius 1 is 0.944 bits per heavy atom. The molecule has 0 amide bonds. The van der Waals surface area contributed by atoms with E-state index in [1.165, 1.54) is 4.57 Å². The molecule has 0 aliphatic rings. The van der Waals surface area contributed by atoms with Crippen LogP contribution in [0.15, 0.2) is 96.2 Å². The third-order valence-electron chi connectivity index (χ3n) is 6.47. The van der Waals surface area contributed by atoms with Crippen molar-refractivity contribution < 1.29 is 4.79 Å². The van der Waals surface area contributed by atoms with Crippen LogP contribution in [0, 0.1) is 0 Å². The van der Waals surface area contributed by atoms with Gasteiger partial charge < -0.3 is 0 Å². The molecule has 3 aromatic carbocycles. The smallest absolute Gasteiger partial charge is 0.291 e. The van der Waals surface area contributed by atoms with Crippen LogP contribution < -0.4 is 5.69 Å². The third-order valence-corrected chi connectivity index (χ3v) is 6.47. The van der Waals surface area contributed by atoms with Crippen molar-refractivity contribution in [3.05, 3.63) is 119 Å². The lowest BCUT2D eigenvalue weighted by atomic mass is 10.0. The Labute approximate surface area is 208 Å². The van der Waals surface area contributed by atoms with Crippen LogP contribution >= 0.6 is 0 Å². The summed E-state index contributed by atoms with van der Waals surface area (Å²) in [6.45, 7) is 4.52. The first-order valence-corrected chi connectivity index (χ1v) is 11.9. The molecule has 8 heteroatoms. The predicted octanol–water partition coefficient (Wildman–Crippen LogP) is 4.54. The summed E-state index contributed by atoms with van der Waals surface area (Å²) in [5, 5.41) is 11.5. The molecule has 180 valence electrons. The summed E-state index contributed by atoms with van der Waals surface area (Å²) < 4.78 is 4.57. The van der Waals surface area contributed by atoms with E-state index in [0.29, 0.717) is 12.1 Å². The van der Waals surface area contributed by atoms with E-state index in [4.69, 9.17) is 0 Å². The van der Waals surface area contributed by atoms with Crippen molar-refractivity contribution in [2.75, 3.05) is 0 Å². The molecule has 0 radical (unpaired) electrons. The highest BCUT2D eigenvalue weighted by atomic mass is 16.2. The third kappa shape index (κ3) is 4.40. The number of nitrogens with zero attached hydrogens (tertiary/aromatic N) is 6. The van der Waals surface area contributed by atoms with E-state index in [-0.39, 0.29) is 17.5 Å². The topological polar surface area (TPSA) is 87.6 Å². The van der Waals surface area contributed by atoms with E-state index >= 15 is 0 Å². The maximum atomic E-state index is 13.4. The summed E-state index contributed by atoms with van der Waals surface area (Å²) >= 11 is 0. The van der Waals surface area contributed by atoms with Crippen molar-refractivity contribution in [1.29, 1.82) is 0 Å². The van der Waals surface area contributed by atoms with Crippen molar-refractivity contribution in [1.82, 2.24) is 29.3 Å². The van der Waals surface area contributed by atoms with Crippen LogP contribution in [0.3, 0.4) is 0 Å². The van der Waals surface area contributed by atoms with Crippen LogP contribution in [-0.2, 0) is 6.54 Å². The van der Waals surface area contributed by atoms with Crippen molar-refractivity contribution in [3.8, 4) is 16.8 Å². The van der Waals surface area contributed by atoms with Gasteiger partial charge in [0.15, 0.2) is 0 Å². The van der Waals surface area contributed by atoms with Gasteiger partial charge in [-0.1, -0.05) is 74.5 Å². The lowest BCUT2D eigenvalue weighted by Crippen LogP contribution is -2.30. The number of hydrogen-bond acceptors (Lipinski definition) is 5. The summed E-state index contributed by atoms with van der Waals surface area (Å²) in [6.07, 6.45) is 4.12. The van der Waals surface area contributed by atoms with E-state index in [2.05, 4.69) is 29.4 Å². The van der Waals surface area contributed by atoms with Crippen LogP contribution in [0.2, 0.25) is 0 Å². The second kappa shape index (κ2) is 9.95. The van der Waals surface area contributed by atoms with Gasteiger partial charge in [0.2, 0.25) is 0 Å². The zero-order valence-electron chi connectivity index (χ0n) is 20.2. The van der Waals surface area contributed by atoms with Crippen LogP contribution in [-0.4, -0.2) is 35.2 Å². The summed E-state index contributed by atoms with van der Waals surface area (Å²) in [6, 6.07) is 24.9. The monoisotopic (exact) mass is 478 g/mol. The molecule has 1 unspecified atom stereocenters. The molecule has 0 saturated carbocycles. The fourth-order valence-corrected chi connectivity index (χ4v) is 4.29. The second-order valence-electron chi connectivity index (χ2n) is 8.74. The Morgan fingerprint density at radius 2 is 1.67 bits per heavy atom. The lowest BCUT2D eigenvalue weighted by Gasteiger charge is -2.13. The first-order chi connectivity index (χ1) is 17.6. The van der Waals surface area contributed by atoms with E-state index in [9.17, 15) is 9.59 Å². The highest BCUT2D eigenvalue weighted by Crippen LogP contribution is 2.27. The molecule has 0 bridgehead atoms. The first-order valence-electron chi connectivity index (χ1n) is 11.9. The van der Waals surface area contributed by atoms with Gasteiger partial charge in [-0.05, 0) is 52.1 Å². The Kier molecular flexibility index (Phi) is 6.40. The number of carbonyl (C=O) groups excluding carboxylic acids is 1. The highest BCUT2D eigenvalue weighted by molar-refractivity contribution is 5.95. The normalized spacial score (nSPS) is 11.9. The standard InChI is InChI=1S/C28H26N6O2/c1-3-20(2)26-18-33(27(35)23-9-5-4-6-10-23)28(36)32(26)17-21-13-15-22(16-14-21)24-11-7-8-12-25(24)34-19-29-30-31-34/h4-16,18-20H,3,17H2,1-2H3. The number of carbonyl (C=O) groups is 1. The van der Waals surface area contributed by atoms with E-state index in [1.54, 1.807) is 46.0 Å². The number of hydrogen-bond donors (Lipinski definition) is 0. The van der Waals surface area contributed by atoms with Gasteiger partial charge in [-0.2, -0.15) is 4.68 Å². The molecule has 5 rings (SSSR count). The van der Waals surface area contributed by atoms with Gasteiger partial charge in [0, 0.05) is 23.0 Å². The van der Waals surface area contributed by atoms with Crippen molar-refractivity contribution in [2.45, 2.75) is 32.7 Å². The minimum absolute atomic E-state index is 0.130. The predicted molar refractivity (Wildman–Crippen MR) is 137 cm³/mol. The van der Waals surface area contributed by atoms with Crippen LogP contribution in [0.4, 0.5) is 0 Å². The second-order valence-corrected chi connectivity index (χ2v) is 8.74. The van der Waals surface area contributed by atoms with Crippen molar-refractivity contribution >= 4 is 5.91 Å². The van der Waals surface area contributed by atoms with Crippen LogP contribution in [0.1, 0.15) is 47.8 Å². The van der Waals surface area contributed by atoms with Gasteiger partial charge in [0.1, 0.15) is 6.33 Å². The van der Waals surface area contributed by atoms with Gasteiger partial charge in [-0.25, -0.2) is 9.36 Å². The molecule has 36 heavy (non-hydrogen) atoms. The van der Waals surface area contributed by atoms with Gasteiger partial charge in [-0.3, -0.25) is 9.36 Å². The number of benzene rings is 3. The molecule has 0 spiro atoms. The molecule has 5 aromatic rings. The minimum Gasteiger partial charge on any atom is -0.291 e. The molecular formula is C28H26N6O2. The molecule has 8 nitrogen and oxygen atoms in total. The summed E-state index contributed by atoms with van der Waals surface area (Å²) in [7, 11) is 0. The number of aromatic nitrogens is 6. The first kappa shape index (κ1) is 23.2. The SMILES string of the molecule is CCC(C)c1cn(C(=O)c2ccccc2)c(=O)n1Cc1ccc(-c2ccccc2-n2cnnn2)cc1. The molecule has 2 heterocycles. The van der Waals surface area contributed by atoms with Gasteiger partial charge in [-0.15, -0.1) is 5.10 Å². The molecule has 2 aromatic heterocycles. The molecule has 0 aliphatic heterocycles. The van der Waals surface area contributed by atoms with Crippen LogP contribution in [0.25, 0.3) is 16.8 Å². The van der Waals surface area contributed by atoms with Gasteiger partial charge in [0.25, 0.3) is 5.91 Å². The zero-order chi connectivity index (χ0) is 25.1. The number of tetrazole rings is 1. The number of rotatable bonds is 7. The number of imidazole rings is 1. The average Bonchev–Trinajstić information content (AvgIpc) is 3.58. The molecule has 0 fully saturated rings. The van der Waals surface area contributed by atoms with Crippen molar-refractivity contribution in [2.24, 2.45) is 0 Å². The molecule has 0 N–H and O–H groups in total. The maximum Gasteiger partial charge on any atom is 0.335 e. The lowest BCUT2D eigenvalue weighted by molar-refractivity contribution is 0.0955. The number of para-hydroxylation sites is 1. The van der Waals surface area contributed by atoms with Crippen LogP contribution in [0.5, 0.6) is 0 Å². The van der Waals surface area contributed by atoms with E-state index < -0.39 is 0 Å². The fourth-order valence-electron chi connectivity index (χ4n) is 4.29. The molecule has 0 aliphatic carbocycles. The summed E-state index contributed by atoms with van der Waals surface area (Å²) in [5.74, 6) is -0.191. The van der Waals surface area contributed by atoms with Crippen molar-refractivity contribution in [3.63, 3.8) is 0 Å². The zero-order valence-corrected chi connectivity index (χ0v) is 20.2. The van der Waals surface area contributed by atoms with E-state index in [0.717, 1.165) is 34.5 Å². The summed E-state index contributed by atoms with van der Waals surface area (Å²) in [5.41, 5.74) is 4.85. The van der Waals surface area contributed by atoms with E-state index in [1.807, 2.05) is 54.6 Å².